The van der Waals surface area contributed by atoms with Crippen LogP contribution in [0, 0.1) is 0 Å². The lowest BCUT2D eigenvalue weighted by molar-refractivity contribution is -0.144. The minimum Gasteiger partial charge on any atom is -0.465 e. The zero-order valence-electron chi connectivity index (χ0n) is 7.39. The molecule has 0 amide bonds. The number of hydrogen-bond donors (Lipinski definition) is 2. The van der Waals surface area contributed by atoms with Gasteiger partial charge in [0.1, 0.15) is 6.04 Å². The van der Waals surface area contributed by atoms with Gasteiger partial charge in [-0.05, 0) is 13.3 Å². The Bertz CT molecular complexity index is 262. The van der Waals surface area contributed by atoms with E-state index in [0.717, 1.165) is 0 Å². The smallest absolute Gasteiger partial charge is 0.322 e. The SMILES string of the molecule is CCOC(=O)C(N)CCS(N)(=O)=O. The minimum absolute atomic E-state index is 0.0162. The van der Waals surface area contributed by atoms with E-state index >= 15 is 0 Å². The van der Waals surface area contributed by atoms with Crippen molar-refractivity contribution in [1.82, 2.24) is 0 Å². The molecule has 7 heteroatoms. The van der Waals surface area contributed by atoms with Gasteiger partial charge in [0.15, 0.2) is 0 Å². The molecular weight excluding hydrogens is 196 g/mol. The average molecular weight is 210 g/mol. The minimum atomic E-state index is -3.56. The van der Waals surface area contributed by atoms with Crippen LogP contribution in [0.5, 0.6) is 0 Å². The second kappa shape index (κ2) is 5.15. The molecule has 0 saturated carbocycles. The lowest BCUT2D eigenvalue weighted by Gasteiger charge is -2.08. The van der Waals surface area contributed by atoms with E-state index in [1.165, 1.54) is 0 Å². The number of ether oxygens (including phenoxy) is 1. The third kappa shape index (κ3) is 6.50. The van der Waals surface area contributed by atoms with Crippen molar-refractivity contribution in [2.24, 2.45) is 10.9 Å². The van der Waals surface area contributed by atoms with E-state index in [1.54, 1.807) is 6.92 Å². The van der Waals surface area contributed by atoms with Crippen molar-refractivity contribution in [3.05, 3.63) is 0 Å². The summed E-state index contributed by atoms with van der Waals surface area (Å²) in [4.78, 5) is 10.9. The van der Waals surface area contributed by atoms with E-state index in [2.05, 4.69) is 4.74 Å². The largest absolute Gasteiger partial charge is 0.465 e. The van der Waals surface area contributed by atoms with Crippen LogP contribution in [0.15, 0.2) is 0 Å². The van der Waals surface area contributed by atoms with Gasteiger partial charge < -0.3 is 10.5 Å². The van der Waals surface area contributed by atoms with Gasteiger partial charge in [-0.25, -0.2) is 13.6 Å². The first-order valence-corrected chi connectivity index (χ1v) is 5.51. The lowest BCUT2D eigenvalue weighted by atomic mass is 10.2. The molecule has 0 heterocycles. The highest BCUT2D eigenvalue weighted by molar-refractivity contribution is 7.89. The molecule has 13 heavy (non-hydrogen) atoms. The summed E-state index contributed by atoms with van der Waals surface area (Å²) in [7, 11) is -3.56. The maximum absolute atomic E-state index is 10.9. The quantitative estimate of drug-likeness (QED) is 0.539. The van der Waals surface area contributed by atoms with Gasteiger partial charge in [-0.15, -0.1) is 0 Å². The van der Waals surface area contributed by atoms with Crippen LogP contribution in [0.25, 0.3) is 0 Å². The molecule has 1 atom stereocenters. The summed E-state index contributed by atoms with van der Waals surface area (Å²) in [6.07, 6.45) is -0.0162. The summed E-state index contributed by atoms with van der Waals surface area (Å²) < 4.78 is 25.5. The maximum Gasteiger partial charge on any atom is 0.322 e. The first-order chi connectivity index (χ1) is 5.87. The standard InChI is InChI=1S/C6H14N2O4S/c1-2-12-6(9)5(7)3-4-13(8,10)11/h5H,2-4,7H2,1H3,(H2,8,10,11). The summed E-state index contributed by atoms with van der Waals surface area (Å²) in [6, 6.07) is -0.918. The molecule has 0 spiro atoms. The number of sulfonamides is 1. The highest BCUT2D eigenvalue weighted by Crippen LogP contribution is 1.94. The molecule has 0 fully saturated rings. The predicted molar refractivity (Wildman–Crippen MR) is 47.2 cm³/mol. The molecule has 0 aromatic rings. The van der Waals surface area contributed by atoms with E-state index in [4.69, 9.17) is 10.9 Å². The Hall–Kier alpha value is -0.660. The van der Waals surface area contributed by atoms with Crippen LogP contribution in [-0.2, 0) is 19.6 Å². The van der Waals surface area contributed by atoms with E-state index in [9.17, 15) is 13.2 Å². The average Bonchev–Trinajstić information content (AvgIpc) is 1.99. The number of hydrogen-bond acceptors (Lipinski definition) is 5. The van der Waals surface area contributed by atoms with Crippen LogP contribution in [0.1, 0.15) is 13.3 Å². The number of primary sulfonamides is 1. The van der Waals surface area contributed by atoms with Gasteiger partial charge in [-0.2, -0.15) is 0 Å². The molecule has 6 nitrogen and oxygen atoms in total. The molecule has 0 radical (unpaired) electrons. The number of esters is 1. The van der Waals surface area contributed by atoms with E-state index < -0.39 is 22.0 Å². The molecule has 0 aromatic carbocycles. The van der Waals surface area contributed by atoms with Crippen molar-refractivity contribution in [3.8, 4) is 0 Å². The van der Waals surface area contributed by atoms with E-state index in [0.29, 0.717) is 0 Å². The second-order valence-corrected chi connectivity index (χ2v) is 4.25. The number of carbonyl (C=O) groups excluding carboxylic acids is 1. The van der Waals surface area contributed by atoms with Gasteiger partial charge in [0, 0.05) is 0 Å². The Kier molecular flexibility index (Phi) is 4.89. The van der Waals surface area contributed by atoms with Crippen molar-refractivity contribution >= 4 is 16.0 Å². The maximum atomic E-state index is 10.9. The summed E-state index contributed by atoms with van der Waals surface area (Å²) in [6.45, 7) is 1.87. The highest BCUT2D eigenvalue weighted by atomic mass is 32.2. The van der Waals surface area contributed by atoms with Crippen LogP contribution in [0.2, 0.25) is 0 Å². The van der Waals surface area contributed by atoms with Gasteiger partial charge >= 0.3 is 5.97 Å². The fourth-order valence-electron chi connectivity index (χ4n) is 0.658. The van der Waals surface area contributed by atoms with E-state index in [1.807, 2.05) is 0 Å². The Labute approximate surface area is 77.3 Å². The molecule has 78 valence electrons. The Morgan fingerprint density at radius 1 is 1.54 bits per heavy atom. The topological polar surface area (TPSA) is 112 Å². The first-order valence-electron chi connectivity index (χ1n) is 3.79. The normalized spacial score (nSPS) is 13.8. The monoisotopic (exact) mass is 210 g/mol. The van der Waals surface area contributed by atoms with Gasteiger partial charge in [0.2, 0.25) is 10.0 Å². The molecule has 0 saturated heterocycles. The Balaban J connectivity index is 3.88. The van der Waals surface area contributed by atoms with Crippen LogP contribution in [-0.4, -0.2) is 32.8 Å². The molecule has 0 rings (SSSR count). The molecule has 0 aromatic heterocycles. The predicted octanol–water partition coefficient (Wildman–Crippen LogP) is -1.44. The van der Waals surface area contributed by atoms with Crippen molar-refractivity contribution < 1.29 is 17.9 Å². The molecule has 0 aliphatic carbocycles. The zero-order chi connectivity index (χ0) is 10.5. The van der Waals surface area contributed by atoms with Crippen LogP contribution in [0.3, 0.4) is 0 Å². The lowest BCUT2D eigenvalue weighted by Crippen LogP contribution is -2.35. The first kappa shape index (κ1) is 12.3. The third-order valence-corrected chi connectivity index (χ3v) is 2.11. The van der Waals surface area contributed by atoms with Crippen molar-refractivity contribution in [2.45, 2.75) is 19.4 Å². The molecular formula is C6H14N2O4S. The fourth-order valence-corrected chi connectivity index (χ4v) is 1.24. The third-order valence-electron chi connectivity index (χ3n) is 1.30. The highest BCUT2D eigenvalue weighted by Gasteiger charge is 2.16. The molecule has 0 bridgehead atoms. The Morgan fingerprint density at radius 3 is 2.46 bits per heavy atom. The van der Waals surface area contributed by atoms with Crippen molar-refractivity contribution in [3.63, 3.8) is 0 Å². The van der Waals surface area contributed by atoms with Gasteiger partial charge in [-0.1, -0.05) is 0 Å². The molecule has 0 aliphatic rings. The molecule has 1 unspecified atom stereocenters. The molecule has 4 N–H and O–H groups in total. The molecule has 0 aliphatic heterocycles. The van der Waals surface area contributed by atoms with Gasteiger partial charge in [-0.3, -0.25) is 4.79 Å². The summed E-state index contributed by atoms with van der Waals surface area (Å²) >= 11 is 0. The summed E-state index contributed by atoms with van der Waals surface area (Å²) in [5.41, 5.74) is 5.32. The number of nitrogens with two attached hydrogens (primary N) is 2. The van der Waals surface area contributed by atoms with Crippen LogP contribution < -0.4 is 10.9 Å². The summed E-state index contributed by atoms with van der Waals surface area (Å²) in [5, 5.41) is 4.72. The van der Waals surface area contributed by atoms with Crippen molar-refractivity contribution in [1.29, 1.82) is 0 Å². The number of rotatable bonds is 5. The number of carbonyl (C=O) groups is 1. The van der Waals surface area contributed by atoms with Crippen LogP contribution in [0.4, 0.5) is 0 Å². The Morgan fingerprint density at radius 2 is 2.08 bits per heavy atom. The van der Waals surface area contributed by atoms with Crippen molar-refractivity contribution in [2.75, 3.05) is 12.4 Å². The second-order valence-electron chi connectivity index (χ2n) is 2.51. The van der Waals surface area contributed by atoms with Gasteiger partial charge in [0.25, 0.3) is 0 Å². The van der Waals surface area contributed by atoms with Crippen LogP contribution >= 0.6 is 0 Å². The fraction of sp³-hybridized carbons (Fsp3) is 0.833. The van der Waals surface area contributed by atoms with E-state index in [-0.39, 0.29) is 18.8 Å². The summed E-state index contributed by atoms with van der Waals surface area (Å²) in [5.74, 6) is -0.918. The zero-order valence-corrected chi connectivity index (χ0v) is 8.21. The van der Waals surface area contributed by atoms with Gasteiger partial charge in [0.05, 0.1) is 12.4 Å².